The first kappa shape index (κ1) is 25.0. The van der Waals surface area contributed by atoms with Gasteiger partial charge in [0.05, 0.1) is 7.11 Å². The Morgan fingerprint density at radius 1 is 0.921 bits per heavy atom. The number of hydrogen-bond donors (Lipinski definition) is 2. The van der Waals surface area contributed by atoms with E-state index in [2.05, 4.69) is 15.0 Å². The summed E-state index contributed by atoms with van der Waals surface area (Å²) in [7, 11) is 1.64. The van der Waals surface area contributed by atoms with Crippen molar-refractivity contribution in [2.45, 2.75) is 25.2 Å². The molecular weight excluding hydrogens is 494 g/mol. The second kappa shape index (κ2) is 10.4. The minimum atomic E-state index is -1.67. The van der Waals surface area contributed by atoms with Crippen molar-refractivity contribution in [2.75, 3.05) is 20.2 Å². The highest BCUT2D eigenvalue weighted by Crippen LogP contribution is 2.30. The first-order valence-electron chi connectivity index (χ1n) is 11.9. The lowest BCUT2D eigenvalue weighted by Crippen LogP contribution is -2.49. The fourth-order valence-corrected chi connectivity index (χ4v) is 4.55. The molecule has 0 aliphatic carbocycles. The maximum absolute atomic E-state index is 11.0. The third-order valence-corrected chi connectivity index (χ3v) is 6.50. The van der Waals surface area contributed by atoms with Gasteiger partial charge in [-0.25, -0.2) is 9.59 Å². The summed E-state index contributed by atoms with van der Waals surface area (Å²) in [5.41, 5.74) is 2.64. The van der Waals surface area contributed by atoms with Crippen molar-refractivity contribution < 1.29 is 38.5 Å². The van der Waals surface area contributed by atoms with E-state index in [0.717, 1.165) is 33.2 Å². The lowest BCUT2D eigenvalue weighted by molar-refractivity contribution is -0.205. The molecule has 1 saturated heterocycles. The van der Waals surface area contributed by atoms with Crippen LogP contribution in [0.25, 0.3) is 33.6 Å². The molecule has 2 heterocycles. The van der Waals surface area contributed by atoms with Crippen LogP contribution < -0.4 is 4.74 Å². The first-order chi connectivity index (χ1) is 18.3. The van der Waals surface area contributed by atoms with E-state index < -0.39 is 18.1 Å². The van der Waals surface area contributed by atoms with Gasteiger partial charge in [-0.05, 0) is 40.6 Å². The molecule has 0 radical (unpaired) electrons. The highest BCUT2D eigenvalue weighted by molar-refractivity contribution is 5.87. The number of fused-ring (bicyclic) bond motifs is 1. The SMILES string of the molecule is COc1ccc2cc(-c3nc(-c4ccc(CN5CCC(OC(=O)O)(OC(=O)O)CC5)cc4)no3)ccc2c1. The smallest absolute Gasteiger partial charge is 0.497 e. The predicted octanol–water partition coefficient (Wildman–Crippen LogP) is 5.25. The van der Waals surface area contributed by atoms with Crippen molar-refractivity contribution in [3.8, 4) is 28.6 Å². The van der Waals surface area contributed by atoms with Crippen LogP contribution in [0.3, 0.4) is 0 Å². The molecule has 1 aromatic heterocycles. The number of benzene rings is 3. The van der Waals surface area contributed by atoms with Crippen LogP contribution in [0.2, 0.25) is 0 Å². The Morgan fingerprint density at radius 3 is 2.21 bits per heavy atom. The minimum absolute atomic E-state index is 0.109. The van der Waals surface area contributed by atoms with E-state index in [0.29, 0.717) is 31.3 Å². The number of aromatic nitrogens is 2. The van der Waals surface area contributed by atoms with Gasteiger partial charge in [-0.2, -0.15) is 4.98 Å². The standard InChI is InChI=1S/C27H25N3O8/c1-35-22-9-8-19-14-21(7-6-20(19)15-22)24-28-23(29-38-24)18-4-2-17(3-5-18)16-30-12-10-27(11-13-30,36-25(31)32)37-26(33)34/h2-9,14-15H,10-13,16H2,1H3,(H,31,32)(H,33,34). The van der Waals surface area contributed by atoms with Crippen LogP contribution in [0.5, 0.6) is 5.75 Å². The van der Waals surface area contributed by atoms with Crippen molar-refractivity contribution in [3.63, 3.8) is 0 Å². The fourth-order valence-electron chi connectivity index (χ4n) is 4.55. The van der Waals surface area contributed by atoms with Gasteiger partial charge in [-0.1, -0.05) is 41.6 Å². The molecule has 38 heavy (non-hydrogen) atoms. The fraction of sp³-hybridized carbons (Fsp3) is 0.259. The summed E-state index contributed by atoms with van der Waals surface area (Å²) in [6, 6.07) is 19.5. The molecule has 4 aromatic rings. The zero-order valence-corrected chi connectivity index (χ0v) is 20.5. The second-order valence-corrected chi connectivity index (χ2v) is 8.97. The van der Waals surface area contributed by atoms with E-state index in [1.54, 1.807) is 7.11 Å². The molecule has 11 nitrogen and oxygen atoms in total. The molecule has 0 spiro atoms. The van der Waals surface area contributed by atoms with E-state index in [-0.39, 0.29) is 12.8 Å². The van der Waals surface area contributed by atoms with Gasteiger partial charge in [0.2, 0.25) is 5.82 Å². The monoisotopic (exact) mass is 519 g/mol. The number of carboxylic acid groups (broad SMARTS) is 2. The largest absolute Gasteiger partial charge is 0.509 e. The van der Waals surface area contributed by atoms with Gasteiger partial charge in [0, 0.05) is 43.6 Å². The molecule has 5 rings (SSSR count). The Bertz CT molecular complexity index is 1440. The molecule has 2 N–H and O–H groups in total. The van der Waals surface area contributed by atoms with Crippen molar-refractivity contribution in [3.05, 3.63) is 66.2 Å². The highest BCUT2D eigenvalue weighted by Gasteiger charge is 2.42. The zero-order valence-electron chi connectivity index (χ0n) is 20.5. The number of carbonyl (C=O) groups is 2. The van der Waals surface area contributed by atoms with Gasteiger partial charge in [-0.3, -0.25) is 4.90 Å². The number of rotatable bonds is 7. The number of likely N-dealkylation sites (tertiary alicyclic amines) is 1. The molecule has 1 aliphatic heterocycles. The number of ether oxygens (including phenoxy) is 3. The molecule has 11 heteroatoms. The molecule has 0 bridgehead atoms. The average molecular weight is 520 g/mol. The first-order valence-corrected chi connectivity index (χ1v) is 11.9. The van der Waals surface area contributed by atoms with Crippen LogP contribution in [-0.2, 0) is 16.0 Å². The van der Waals surface area contributed by atoms with Crippen LogP contribution in [-0.4, -0.2) is 63.6 Å². The molecule has 0 atom stereocenters. The topological polar surface area (TPSA) is 144 Å². The third-order valence-electron chi connectivity index (χ3n) is 6.50. The minimum Gasteiger partial charge on any atom is -0.497 e. The normalized spacial score (nSPS) is 15.2. The molecular formula is C27H25N3O8. The Hall–Kier alpha value is -4.64. The van der Waals surface area contributed by atoms with E-state index in [4.69, 9.17) is 28.9 Å². The summed E-state index contributed by atoms with van der Waals surface area (Å²) in [6.07, 6.45) is -2.92. The van der Waals surface area contributed by atoms with Gasteiger partial charge in [0.1, 0.15) is 5.75 Å². The zero-order chi connectivity index (χ0) is 26.7. The van der Waals surface area contributed by atoms with Crippen LogP contribution in [0.15, 0.2) is 65.2 Å². The van der Waals surface area contributed by atoms with Gasteiger partial charge in [0.25, 0.3) is 11.7 Å². The number of hydrogen-bond acceptors (Lipinski definition) is 9. The molecule has 3 aromatic carbocycles. The molecule has 0 unspecified atom stereocenters. The van der Waals surface area contributed by atoms with Crippen LogP contribution in [0, 0.1) is 0 Å². The van der Waals surface area contributed by atoms with Crippen molar-refractivity contribution in [1.82, 2.24) is 15.0 Å². The molecule has 0 amide bonds. The summed E-state index contributed by atoms with van der Waals surface area (Å²) in [4.78, 5) is 28.6. The maximum atomic E-state index is 11.0. The van der Waals surface area contributed by atoms with Crippen molar-refractivity contribution in [2.24, 2.45) is 0 Å². The molecule has 196 valence electrons. The van der Waals surface area contributed by atoms with Crippen molar-refractivity contribution in [1.29, 1.82) is 0 Å². The summed E-state index contributed by atoms with van der Waals surface area (Å²) in [6.45, 7) is 1.42. The Morgan fingerprint density at radius 2 is 1.55 bits per heavy atom. The third kappa shape index (κ3) is 5.52. The summed E-state index contributed by atoms with van der Waals surface area (Å²) < 4.78 is 20.4. The quantitative estimate of drug-likeness (QED) is 0.244. The van der Waals surface area contributed by atoms with E-state index in [1.165, 1.54) is 0 Å². The lowest BCUT2D eigenvalue weighted by atomic mass is 10.0. The maximum Gasteiger partial charge on any atom is 0.509 e. The predicted molar refractivity (Wildman–Crippen MR) is 135 cm³/mol. The Labute approximate surface area is 217 Å². The van der Waals surface area contributed by atoms with Crippen molar-refractivity contribution >= 4 is 23.1 Å². The van der Waals surface area contributed by atoms with Crippen LogP contribution in [0.1, 0.15) is 18.4 Å². The second-order valence-electron chi connectivity index (χ2n) is 8.97. The van der Waals surface area contributed by atoms with Crippen LogP contribution in [0.4, 0.5) is 9.59 Å². The molecule has 1 aliphatic rings. The number of nitrogens with zero attached hydrogens (tertiary/aromatic N) is 3. The summed E-state index contributed by atoms with van der Waals surface area (Å²) >= 11 is 0. The van der Waals surface area contributed by atoms with Gasteiger partial charge in [0.15, 0.2) is 0 Å². The van der Waals surface area contributed by atoms with Gasteiger partial charge in [-0.15, -0.1) is 0 Å². The Balaban J connectivity index is 1.23. The van der Waals surface area contributed by atoms with Gasteiger partial charge < -0.3 is 28.9 Å². The van der Waals surface area contributed by atoms with E-state index in [9.17, 15) is 9.59 Å². The average Bonchev–Trinajstić information content (AvgIpc) is 3.39. The highest BCUT2D eigenvalue weighted by atomic mass is 16.8. The van der Waals surface area contributed by atoms with E-state index in [1.807, 2.05) is 60.7 Å². The Kier molecular flexibility index (Phi) is 6.84. The van der Waals surface area contributed by atoms with E-state index >= 15 is 0 Å². The van der Waals surface area contributed by atoms with Crippen LogP contribution >= 0.6 is 0 Å². The number of methoxy groups -OCH3 is 1. The van der Waals surface area contributed by atoms with Gasteiger partial charge >= 0.3 is 12.3 Å². The summed E-state index contributed by atoms with van der Waals surface area (Å²) in [5, 5.41) is 24.1. The lowest BCUT2D eigenvalue weighted by Gasteiger charge is -2.38. The number of piperidine rings is 1. The molecule has 1 fully saturated rings. The molecule has 0 saturated carbocycles. The summed E-state index contributed by atoms with van der Waals surface area (Å²) in [5.74, 6) is 0.0137.